The van der Waals surface area contributed by atoms with Gasteiger partial charge in [-0.15, -0.1) is 0 Å². The van der Waals surface area contributed by atoms with Gasteiger partial charge in [0.2, 0.25) is 11.8 Å². The Kier molecular flexibility index (Phi) is 6.67. The van der Waals surface area contributed by atoms with Crippen molar-refractivity contribution in [2.24, 2.45) is 5.92 Å². The van der Waals surface area contributed by atoms with Crippen molar-refractivity contribution < 1.29 is 14.3 Å². The van der Waals surface area contributed by atoms with Crippen LogP contribution in [0, 0.1) is 5.92 Å². The van der Waals surface area contributed by atoms with Crippen molar-refractivity contribution in [3.63, 3.8) is 0 Å². The maximum Gasteiger partial charge on any atom is 0.245 e. The van der Waals surface area contributed by atoms with E-state index in [1.54, 1.807) is 0 Å². The number of benzene rings is 1. The molecule has 138 valence electrons. The number of rotatable bonds is 6. The van der Waals surface area contributed by atoms with E-state index in [1.165, 1.54) is 6.92 Å². The Bertz CT molecular complexity index is 595. The zero-order valence-corrected chi connectivity index (χ0v) is 15.6. The second-order valence-corrected chi connectivity index (χ2v) is 6.64. The molecule has 1 aliphatic rings. The number of hydrogen-bond donors (Lipinski definition) is 1. The monoisotopic (exact) mass is 347 g/mol. The highest BCUT2D eigenvalue weighted by atomic mass is 16.5. The highest BCUT2D eigenvalue weighted by molar-refractivity contribution is 5.87. The first-order valence-corrected chi connectivity index (χ1v) is 8.96. The third-order valence-corrected chi connectivity index (χ3v) is 4.39. The van der Waals surface area contributed by atoms with E-state index in [1.807, 2.05) is 43.9 Å². The largest absolute Gasteiger partial charge is 0.492 e. The summed E-state index contributed by atoms with van der Waals surface area (Å²) in [6.45, 7) is 10.7. The van der Waals surface area contributed by atoms with Gasteiger partial charge in [-0.05, 0) is 25.0 Å². The molecule has 0 saturated carbocycles. The number of piperazine rings is 1. The summed E-state index contributed by atoms with van der Waals surface area (Å²) in [6, 6.07) is 7.54. The maximum absolute atomic E-state index is 12.8. The Morgan fingerprint density at radius 2 is 1.80 bits per heavy atom. The van der Waals surface area contributed by atoms with E-state index < -0.39 is 6.04 Å². The fourth-order valence-electron chi connectivity index (χ4n) is 3.09. The number of anilines is 1. The molecule has 0 aromatic heterocycles. The number of nitrogens with one attached hydrogen (secondary N) is 1. The molecule has 1 aromatic carbocycles. The van der Waals surface area contributed by atoms with Gasteiger partial charge in [0.05, 0.1) is 12.3 Å². The van der Waals surface area contributed by atoms with E-state index in [4.69, 9.17) is 4.74 Å². The predicted molar refractivity (Wildman–Crippen MR) is 98.8 cm³/mol. The number of carbonyl (C=O) groups is 2. The maximum atomic E-state index is 12.8. The minimum atomic E-state index is -0.459. The molecule has 1 fully saturated rings. The second-order valence-electron chi connectivity index (χ2n) is 6.64. The van der Waals surface area contributed by atoms with Gasteiger partial charge in [-0.25, -0.2) is 0 Å². The number of ether oxygens (including phenoxy) is 1. The minimum Gasteiger partial charge on any atom is -0.492 e. The summed E-state index contributed by atoms with van der Waals surface area (Å²) in [6.07, 6.45) is 0. The molecule has 1 aliphatic heterocycles. The van der Waals surface area contributed by atoms with Crippen LogP contribution in [0.15, 0.2) is 24.3 Å². The summed E-state index contributed by atoms with van der Waals surface area (Å²) in [4.78, 5) is 28.2. The van der Waals surface area contributed by atoms with Gasteiger partial charge < -0.3 is 19.9 Å². The van der Waals surface area contributed by atoms with E-state index in [0.717, 1.165) is 24.5 Å². The summed E-state index contributed by atoms with van der Waals surface area (Å²) in [5.41, 5.74) is 1.07. The van der Waals surface area contributed by atoms with Crippen LogP contribution in [-0.4, -0.2) is 55.5 Å². The van der Waals surface area contributed by atoms with Crippen LogP contribution in [0.1, 0.15) is 27.7 Å². The fraction of sp³-hybridized carbons (Fsp3) is 0.579. The molecule has 1 heterocycles. The molecule has 0 aliphatic carbocycles. The average Bonchev–Trinajstić information content (AvgIpc) is 2.60. The van der Waals surface area contributed by atoms with Crippen molar-refractivity contribution in [1.29, 1.82) is 0 Å². The van der Waals surface area contributed by atoms with Crippen LogP contribution in [0.5, 0.6) is 5.75 Å². The Labute approximate surface area is 150 Å². The van der Waals surface area contributed by atoms with Crippen molar-refractivity contribution in [3.05, 3.63) is 24.3 Å². The molecule has 1 atom stereocenters. The number of carbonyl (C=O) groups excluding carboxylic acids is 2. The van der Waals surface area contributed by atoms with Crippen LogP contribution in [0.25, 0.3) is 0 Å². The second kappa shape index (κ2) is 8.74. The van der Waals surface area contributed by atoms with Crippen molar-refractivity contribution >= 4 is 17.5 Å². The summed E-state index contributed by atoms with van der Waals surface area (Å²) in [7, 11) is 0. The summed E-state index contributed by atoms with van der Waals surface area (Å²) >= 11 is 0. The van der Waals surface area contributed by atoms with E-state index in [0.29, 0.717) is 19.7 Å². The van der Waals surface area contributed by atoms with Crippen molar-refractivity contribution in [3.8, 4) is 5.75 Å². The van der Waals surface area contributed by atoms with Crippen LogP contribution < -0.4 is 15.0 Å². The van der Waals surface area contributed by atoms with Gasteiger partial charge in [0.1, 0.15) is 11.8 Å². The normalized spacial score (nSPS) is 15.9. The molecule has 1 N–H and O–H groups in total. The van der Waals surface area contributed by atoms with Crippen LogP contribution in [-0.2, 0) is 9.59 Å². The zero-order valence-electron chi connectivity index (χ0n) is 15.6. The van der Waals surface area contributed by atoms with Crippen LogP contribution in [0.3, 0.4) is 0 Å². The molecule has 6 nitrogen and oxygen atoms in total. The lowest BCUT2D eigenvalue weighted by atomic mass is 10.0. The molecule has 6 heteroatoms. The Morgan fingerprint density at radius 3 is 2.36 bits per heavy atom. The standard InChI is InChI=1S/C19H29N3O3/c1-5-25-17-9-7-6-8-16(17)21-10-12-22(13-11-21)19(24)18(14(2)3)20-15(4)23/h6-9,14,18H,5,10-13H2,1-4H3,(H,20,23)/t18-/m0/s1. The van der Waals surface area contributed by atoms with Crippen molar-refractivity contribution in [1.82, 2.24) is 10.2 Å². The quantitative estimate of drug-likeness (QED) is 0.854. The van der Waals surface area contributed by atoms with Gasteiger partial charge >= 0.3 is 0 Å². The average molecular weight is 347 g/mol. The lowest BCUT2D eigenvalue weighted by Gasteiger charge is -2.38. The molecule has 25 heavy (non-hydrogen) atoms. The van der Waals surface area contributed by atoms with Gasteiger partial charge in [0.25, 0.3) is 0 Å². The van der Waals surface area contributed by atoms with E-state index >= 15 is 0 Å². The highest BCUT2D eigenvalue weighted by Crippen LogP contribution is 2.29. The SMILES string of the molecule is CCOc1ccccc1N1CCN(C(=O)[C@@H](NC(C)=O)C(C)C)CC1. The predicted octanol–water partition coefficient (Wildman–Crippen LogP) is 1.89. The van der Waals surface area contributed by atoms with Crippen LogP contribution in [0.4, 0.5) is 5.69 Å². The van der Waals surface area contributed by atoms with Gasteiger partial charge in [-0.2, -0.15) is 0 Å². The minimum absolute atomic E-state index is 0.00273. The molecule has 0 radical (unpaired) electrons. The Balaban J connectivity index is 2.01. The van der Waals surface area contributed by atoms with Crippen molar-refractivity contribution in [2.45, 2.75) is 33.7 Å². The summed E-state index contributed by atoms with van der Waals surface area (Å²) in [5, 5.41) is 2.78. The molecule has 0 bridgehead atoms. The third-order valence-electron chi connectivity index (χ3n) is 4.39. The number of para-hydroxylation sites is 2. The van der Waals surface area contributed by atoms with E-state index in [2.05, 4.69) is 16.3 Å². The smallest absolute Gasteiger partial charge is 0.245 e. The molecule has 0 spiro atoms. The van der Waals surface area contributed by atoms with Gasteiger partial charge in [-0.3, -0.25) is 9.59 Å². The number of hydrogen-bond acceptors (Lipinski definition) is 4. The topological polar surface area (TPSA) is 61.9 Å². The van der Waals surface area contributed by atoms with Gasteiger partial charge in [0.15, 0.2) is 0 Å². The number of amides is 2. The Morgan fingerprint density at radius 1 is 1.16 bits per heavy atom. The number of nitrogens with zero attached hydrogens (tertiary/aromatic N) is 2. The summed E-state index contributed by atoms with van der Waals surface area (Å²) in [5.74, 6) is 0.774. The first-order valence-electron chi connectivity index (χ1n) is 8.96. The molecule has 2 amide bonds. The molecule has 2 rings (SSSR count). The van der Waals surface area contributed by atoms with Crippen LogP contribution in [0.2, 0.25) is 0 Å². The van der Waals surface area contributed by atoms with Gasteiger partial charge in [0, 0.05) is 33.1 Å². The fourth-order valence-corrected chi connectivity index (χ4v) is 3.09. The molecule has 1 aromatic rings. The third kappa shape index (κ3) is 4.87. The lowest BCUT2D eigenvalue weighted by Crippen LogP contribution is -2.56. The van der Waals surface area contributed by atoms with Crippen molar-refractivity contribution in [2.75, 3.05) is 37.7 Å². The molecule has 0 unspecified atom stereocenters. The van der Waals surface area contributed by atoms with E-state index in [9.17, 15) is 9.59 Å². The Hall–Kier alpha value is -2.24. The first-order chi connectivity index (χ1) is 11.9. The van der Waals surface area contributed by atoms with Gasteiger partial charge in [-0.1, -0.05) is 26.0 Å². The summed E-state index contributed by atoms with van der Waals surface area (Å²) < 4.78 is 5.71. The first kappa shape index (κ1) is 19.1. The molecular weight excluding hydrogens is 318 g/mol. The van der Waals surface area contributed by atoms with Crippen LogP contribution >= 0.6 is 0 Å². The van der Waals surface area contributed by atoms with E-state index in [-0.39, 0.29) is 17.7 Å². The highest BCUT2D eigenvalue weighted by Gasteiger charge is 2.30. The zero-order chi connectivity index (χ0) is 18.4. The molecule has 1 saturated heterocycles. The lowest BCUT2D eigenvalue weighted by molar-refractivity contribution is -0.137. The molecular formula is C19H29N3O3.